The zero-order valence-electron chi connectivity index (χ0n) is 19.7. The summed E-state index contributed by atoms with van der Waals surface area (Å²) in [5, 5.41) is 0. The number of benzene rings is 2. The van der Waals surface area contributed by atoms with Gasteiger partial charge in [0.25, 0.3) is 0 Å². The topological polar surface area (TPSA) is 0 Å². The Labute approximate surface area is 188 Å². The van der Waals surface area contributed by atoms with Crippen LogP contribution in [0.4, 0.5) is 0 Å². The van der Waals surface area contributed by atoms with E-state index < -0.39 is 0 Å². The van der Waals surface area contributed by atoms with Gasteiger partial charge in [-0.05, 0) is 88.7 Å². The first kappa shape index (κ1) is 21.2. The molecule has 0 N–H and O–H groups in total. The summed E-state index contributed by atoms with van der Waals surface area (Å²) < 4.78 is 0. The van der Waals surface area contributed by atoms with Gasteiger partial charge in [-0.1, -0.05) is 65.8 Å². The summed E-state index contributed by atoms with van der Waals surface area (Å²) in [7, 11) is 0. The minimum Gasteiger partial charge on any atom is -0.0574 e. The normalized spacial score (nSPS) is 12.2. The predicted molar refractivity (Wildman–Crippen MR) is 134 cm³/mol. The van der Waals surface area contributed by atoms with Gasteiger partial charge in [-0.3, -0.25) is 0 Å². The first-order valence-corrected chi connectivity index (χ1v) is 11.2. The summed E-state index contributed by atoms with van der Waals surface area (Å²) in [5.41, 5.74) is 9.43. The maximum Gasteiger partial charge on any atom is 0.0638 e. The molecule has 2 aromatic carbocycles. The highest BCUT2D eigenvalue weighted by Gasteiger charge is 2.33. The van der Waals surface area contributed by atoms with Gasteiger partial charge in [-0.15, -0.1) is 0 Å². The number of hydrogen-bond acceptors (Lipinski definition) is 0. The summed E-state index contributed by atoms with van der Waals surface area (Å²) >= 11 is 0. The molecule has 0 aliphatic heterocycles. The molecule has 0 spiro atoms. The quantitative estimate of drug-likeness (QED) is 0.300. The average Bonchev–Trinajstić information content (AvgIpc) is 2.93. The molecule has 0 nitrogen and oxygen atoms in total. The zero-order chi connectivity index (χ0) is 22.2. The van der Waals surface area contributed by atoms with E-state index in [0.29, 0.717) is 0 Å². The van der Waals surface area contributed by atoms with Crippen molar-refractivity contribution in [2.75, 3.05) is 0 Å². The Morgan fingerprint density at radius 1 is 0.516 bits per heavy atom. The van der Waals surface area contributed by atoms with Crippen molar-refractivity contribution in [2.45, 2.75) is 52.4 Å². The second-order valence-electron chi connectivity index (χ2n) is 10.5. The predicted octanol–water partition coefficient (Wildman–Crippen LogP) is 8.41. The van der Waals surface area contributed by atoms with E-state index >= 15 is 0 Å². The highest BCUT2D eigenvalue weighted by molar-refractivity contribution is 5.82. The van der Waals surface area contributed by atoms with Crippen molar-refractivity contribution in [2.24, 2.45) is 0 Å². The van der Waals surface area contributed by atoms with Crippen LogP contribution in [-0.2, 0) is 10.8 Å². The van der Waals surface area contributed by atoms with Crippen LogP contribution in [0.5, 0.6) is 0 Å². The van der Waals surface area contributed by atoms with E-state index in [9.17, 15) is 0 Å². The van der Waals surface area contributed by atoms with E-state index in [2.05, 4.69) is 133 Å². The molecular weight excluding hydrogens is 372 g/mol. The third kappa shape index (κ3) is 4.26. The van der Waals surface area contributed by atoms with Crippen molar-refractivity contribution in [3.05, 3.63) is 125 Å². The van der Waals surface area contributed by atoms with Gasteiger partial charge in [0, 0.05) is 11.1 Å². The van der Waals surface area contributed by atoms with Crippen LogP contribution < -0.4 is 0 Å². The minimum absolute atomic E-state index is 0.0607. The molecule has 156 valence electrons. The summed E-state index contributed by atoms with van der Waals surface area (Å²) in [5.74, 6) is 1.30. The largest absolute Gasteiger partial charge is 0.0638 e. The van der Waals surface area contributed by atoms with Crippen LogP contribution >= 0.6 is 0 Å². The summed E-state index contributed by atoms with van der Waals surface area (Å²) in [6.07, 6.45) is 0. The average molecular weight is 406 g/mol. The first-order chi connectivity index (χ1) is 14.7. The lowest BCUT2D eigenvalue weighted by Gasteiger charge is -2.18. The molecule has 0 fully saturated rings. The molecule has 0 aromatic heterocycles. The number of fused-ring (bicyclic) bond motifs is 1. The Kier molecular flexibility index (Phi) is 5.43. The van der Waals surface area contributed by atoms with E-state index in [-0.39, 0.29) is 10.8 Å². The van der Waals surface area contributed by atoms with Crippen LogP contribution in [0.1, 0.15) is 69.4 Å². The van der Waals surface area contributed by atoms with Gasteiger partial charge >= 0.3 is 0 Å². The molecule has 0 saturated carbocycles. The standard InChI is InChI=1S/C31H33/c1-30(2,3)24-17-19-25-26(20-18-24)28(31(4,5)6)21-27(25)29(22-13-9-7-10-14-22)23-15-11-8-12-16-23/h7-21H,1-6H3/q+1. The lowest BCUT2D eigenvalue weighted by Crippen LogP contribution is -2.10. The van der Waals surface area contributed by atoms with Crippen LogP contribution in [-0.4, -0.2) is 0 Å². The highest BCUT2D eigenvalue weighted by atomic mass is 14.3. The van der Waals surface area contributed by atoms with Crippen molar-refractivity contribution >= 4 is 0 Å². The van der Waals surface area contributed by atoms with Crippen LogP contribution in [0.25, 0.3) is 11.1 Å². The van der Waals surface area contributed by atoms with Gasteiger partial charge in [-0.25, -0.2) is 0 Å². The van der Waals surface area contributed by atoms with E-state index in [1.807, 2.05) is 0 Å². The Morgan fingerprint density at radius 2 is 1.00 bits per heavy atom. The zero-order valence-corrected chi connectivity index (χ0v) is 19.7. The van der Waals surface area contributed by atoms with Crippen molar-refractivity contribution in [1.82, 2.24) is 0 Å². The smallest absolute Gasteiger partial charge is 0.0574 e. The maximum absolute atomic E-state index is 2.43. The van der Waals surface area contributed by atoms with Crippen LogP contribution in [0.15, 0.2) is 91.0 Å². The molecule has 0 saturated heterocycles. The second-order valence-corrected chi connectivity index (χ2v) is 10.5. The van der Waals surface area contributed by atoms with Gasteiger partial charge in [0.05, 0.1) is 22.6 Å². The van der Waals surface area contributed by atoms with Gasteiger partial charge in [0.15, 0.2) is 0 Å². The van der Waals surface area contributed by atoms with Crippen LogP contribution in [0.3, 0.4) is 0 Å². The maximum atomic E-state index is 2.43. The number of rotatable bonds is 3. The fourth-order valence-corrected chi connectivity index (χ4v) is 4.37. The van der Waals surface area contributed by atoms with Gasteiger partial charge in [-0.2, -0.15) is 0 Å². The third-order valence-corrected chi connectivity index (χ3v) is 6.09. The Balaban J connectivity index is 2.03. The molecule has 31 heavy (non-hydrogen) atoms. The summed E-state index contributed by atoms with van der Waals surface area (Å²) in [6, 6.07) is 33.3. The van der Waals surface area contributed by atoms with Crippen LogP contribution in [0.2, 0.25) is 0 Å². The summed E-state index contributed by atoms with van der Waals surface area (Å²) in [6.45, 7) is 13.8. The summed E-state index contributed by atoms with van der Waals surface area (Å²) in [4.78, 5) is 0. The van der Waals surface area contributed by atoms with Crippen molar-refractivity contribution in [3.63, 3.8) is 0 Å². The third-order valence-electron chi connectivity index (χ3n) is 6.09. The monoisotopic (exact) mass is 405 g/mol. The molecule has 2 aliphatic carbocycles. The van der Waals surface area contributed by atoms with Gasteiger partial charge < -0.3 is 0 Å². The lowest BCUT2D eigenvalue weighted by atomic mass is 9.84. The minimum atomic E-state index is 0.0607. The van der Waals surface area contributed by atoms with E-state index in [1.54, 1.807) is 0 Å². The molecular formula is C31H33+. The molecule has 0 heterocycles. The first-order valence-electron chi connectivity index (χ1n) is 11.2. The molecule has 0 atom stereocenters. The molecule has 0 radical (unpaired) electrons. The van der Waals surface area contributed by atoms with E-state index in [4.69, 9.17) is 0 Å². The fraction of sp³-hybridized carbons (Fsp3) is 0.258. The SMILES string of the molecule is CC(C)(C)c1ccc2c([C+](c3ccccc3)c3ccccc3)cc(C(C)(C)C)c-2cc1. The molecule has 0 amide bonds. The second kappa shape index (κ2) is 7.93. The van der Waals surface area contributed by atoms with Crippen molar-refractivity contribution < 1.29 is 0 Å². The Morgan fingerprint density at radius 3 is 1.45 bits per heavy atom. The van der Waals surface area contributed by atoms with Crippen molar-refractivity contribution in [3.8, 4) is 11.1 Å². The van der Waals surface area contributed by atoms with Gasteiger partial charge in [0.1, 0.15) is 0 Å². The van der Waals surface area contributed by atoms with Crippen LogP contribution in [0, 0.1) is 5.92 Å². The molecule has 2 aromatic rings. The van der Waals surface area contributed by atoms with E-state index in [0.717, 1.165) is 0 Å². The molecule has 0 bridgehead atoms. The Bertz CT molecular complexity index is 1080. The van der Waals surface area contributed by atoms with E-state index in [1.165, 1.54) is 44.9 Å². The molecule has 0 heteroatoms. The molecule has 2 aliphatic rings. The van der Waals surface area contributed by atoms with Crippen molar-refractivity contribution in [1.29, 1.82) is 0 Å². The molecule has 0 unspecified atom stereocenters. The Hall–Kier alpha value is -2.99. The number of hydrogen-bond donors (Lipinski definition) is 0. The fourth-order valence-electron chi connectivity index (χ4n) is 4.37. The van der Waals surface area contributed by atoms with Gasteiger partial charge in [0.2, 0.25) is 0 Å². The lowest BCUT2D eigenvalue weighted by molar-refractivity contribution is 0.590. The molecule has 4 rings (SSSR count). The highest BCUT2D eigenvalue weighted by Crippen LogP contribution is 2.45.